The molecule has 12 aromatic heterocycles. The van der Waals surface area contributed by atoms with Crippen LogP contribution in [-0.2, 0) is 0 Å². The van der Waals surface area contributed by atoms with Crippen LogP contribution in [0.1, 0.15) is 68.2 Å². The quantitative estimate of drug-likeness (QED) is 0.137. The molecule has 0 atom stereocenters. The third-order valence-electron chi connectivity index (χ3n) is 8.88. The van der Waals surface area contributed by atoms with Crippen LogP contribution in [0, 0.1) is 83.1 Å². The van der Waals surface area contributed by atoms with Gasteiger partial charge in [0, 0.05) is 141 Å². The lowest BCUT2D eigenvalue weighted by Crippen LogP contribution is -1.80. The fourth-order valence-corrected chi connectivity index (χ4v) is 4.75. The minimum atomic E-state index is 0.822. The molecule has 0 amide bonds. The third-order valence-corrected chi connectivity index (χ3v) is 8.88. The first-order valence-corrected chi connectivity index (χ1v) is 26.1. The lowest BCUT2D eigenvalue weighted by molar-refractivity contribution is 0.980. The predicted molar refractivity (Wildman–Crippen MR) is 330 cm³/mol. The number of pyridine rings is 4. The summed E-state index contributed by atoms with van der Waals surface area (Å²) >= 11 is 0. The number of hydrogen-bond acceptors (Lipinski definition) is 20. The van der Waals surface area contributed by atoms with Crippen LogP contribution in [0.25, 0.3) is 0 Å². The molecule has 12 aromatic rings. The molecule has 12 heterocycles. The van der Waals surface area contributed by atoms with Crippen LogP contribution >= 0.6 is 0 Å². The highest BCUT2D eigenvalue weighted by Crippen LogP contribution is 1.91. The molecular formula is C64H76N20. The van der Waals surface area contributed by atoms with Crippen LogP contribution in [0.15, 0.2) is 246 Å². The van der Waals surface area contributed by atoms with Crippen molar-refractivity contribution in [3.63, 3.8) is 0 Å². The maximum atomic E-state index is 3.98. The van der Waals surface area contributed by atoms with Gasteiger partial charge in [-0.05, 0) is 184 Å². The highest BCUT2D eigenvalue weighted by atomic mass is 15.1. The Labute approximate surface area is 495 Å². The second kappa shape index (κ2) is 50.5. The minimum Gasteiger partial charge on any atom is -0.264 e. The van der Waals surface area contributed by atoms with E-state index in [2.05, 4.69) is 100 Å². The van der Waals surface area contributed by atoms with E-state index in [1.165, 1.54) is 23.8 Å². The van der Waals surface area contributed by atoms with Crippen LogP contribution in [0.2, 0.25) is 0 Å². The van der Waals surface area contributed by atoms with Crippen LogP contribution in [0.5, 0.6) is 0 Å². The van der Waals surface area contributed by atoms with Crippen LogP contribution in [0.4, 0.5) is 0 Å². The van der Waals surface area contributed by atoms with Crippen molar-refractivity contribution >= 4 is 0 Å². The number of hydrogen-bond donors (Lipinski definition) is 0. The molecule has 0 radical (unpaired) electrons. The van der Waals surface area contributed by atoms with E-state index in [9.17, 15) is 0 Å². The molecule has 0 bridgehead atoms. The first-order chi connectivity index (χ1) is 40.7. The molecule has 12 rings (SSSR count). The first-order valence-electron chi connectivity index (χ1n) is 26.1. The second-order valence-electron chi connectivity index (χ2n) is 16.8. The molecule has 0 spiro atoms. The van der Waals surface area contributed by atoms with E-state index in [0.29, 0.717) is 0 Å². The van der Waals surface area contributed by atoms with E-state index >= 15 is 0 Å². The molecular weight excluding hydrogens is 1050 g/mol. The normalized spacial score (nSPS) is 8.71. The SMILES string of the molecule is Cc1ccccn1.Cc1ccccn1.Cc1cccnc1.Cc1cccnc1.Cc1cccnn1.Cc1ccncn1.Cc1ccnnc1.Cc1cnccn1.Cc1cncnc1.Cc1ncccn1.Cc1ncccn1.Cc1ncccn1. The van der Waals surface area contributed by atoms with Crippen molar-refractivity contribution in [2.75, 3.05) is 0 Å². The van der Waals surface area contributed by atoms with Crippen LogP contribution in [-0.4, -0.2) is 100 Å². The Balaban J connectivity index is 0.000000458. The summed E-state index contributed by atoms with van der Waals surface area (Å²) in [5, 5.41) is 14.6. The van der Waals surface area contributed by atoms with Crippen molar-refractivity contribution in [2.45, 2.75) is 83.1 Å². The molecule has 84 heavy (non-hydrogen) atoms. The Kier molecular flexibility index (Phi) is 42.8. The molecule has 0 saturated heterocycles. The lowest BCUT2D eigenvalue weighted by atomic mass is 10.3. The van der Waals surface area contributed by atoms with Gasteiger partial charge in [-0.25, -0.2) is 49.8 Å². The molecule has 20 heteroatoms. The van der Waals surface area contributed by atoms with Crippen LogP contribution in [0.3, 0.4) is 0 Å². The average Bonchev–Trinajstić information content (AvgIpc) is 3.51. The smallest absolute Gasteiger partial charge is 0.125 e. The number of aryl methyl sites for hydroxylation is 12. The fourth-order valence-electron chi connectivity index (χ4n) is 4.75. The predicted octanol–water partition coefficient (Wildman–Crippen LogP) is 11.8. The number of rotatable bonds is 0. The summed E-state index contributed by atoms with van der Waals surface area (Å²) in [6.45, 7) is 23.3. The fraction of sp³-hybridized carbons (Fsp3) is 0.188. The summed E-state index contributed by atoms with van der Waals surface area (Å²) in [6, 6.07) is 32.5. The van der Waals surface area contributed by atoms with E-state index < -0.39 is 0 Å². The van der Waals surface area contributed by atoms with Crippen molar-refractivity contribution in [3.8, 4) is 0 Å². The summed E-state index contributed by atoms with van der Waals surface area (Å²) in [5.74, 6) is 2.47. The summed E-state index contributed by atoms with van der Waals surface area (Å²) < 4.78 is 0. The second-order valence-corrected chi connectivity index (χ2v) is 16.8. The van der Waals surface area contributed by atoms with Crippen molar-refractivity contribution < 1.29 is 0 Å². The lowest BCUT2D eigenvalue weighted by Gasteiger charge is -1.82. The third kappa shape index (κ3) is 48.4. The van der Waals surface area contributed by atoms with Crippen molar-refractivity contribution in [3.05, 3.63) is 314 Å². The Morgan fingerprint density at radius 3 is 0.821 bits per heavy atom. The van der Waals surface area contributed by atoms with E-state index in [-0.39, 0.29) is 0 Å². The maximum Gasteiger partial charge on any atom is 0.125 e. The molecule has 0 saturated carbocycles. The molecule has 0 aliphatic rings. The van der Waals surface area contributed by atoms with Crippen LogP contribution < -0.4 is 0 Å². The zero-order valence-electron chi connectivity index (χ0n) is 50.0. The zero-order chi connectivity index (χ0) is 61.4. The van der Waals surface area contributed by atoms with Gasteiger partial charge in [0.1, 0.15) is 30.1 Å². The van der Waals surface area contributed by atoms with Crippen molar-refractivity contribution in [1.82, 2.24) is 100 Å². The van der Waals surface area contributed by atoms with Gasteiger partial charge in [0.05, 0.1) is 17.6 Å². The summed E-state index contributed by atoms with van der Waals surface area (Å²) in [7, 11) is 0. The highest BCUT2D eigenvalue weighted by Gasteiger charge is 1.81. The van der Waals surface area contributed by atoms with Gasteiger partial charge >= 0.3 is 0 Å². The van der Waals surface area contributed by atoms with Gasteiger partial charge in [-0.3, -0.25) is 29.9 Å². The summed E-state index contributed by atoms with van der Waals surface area (Å²) in [5.41, 5.74) is 9.74. The topological polar surface area (TPSA) is 258 Å². The average molecular weight is 1130 g/mol. The standard InChI is InChI=1S/4C6H7N.8C5H6N2/c2*1-6-3-2-4-7-5-6;2*1-6-4-2-3-5-7-6;1-5-2-6-4-7-3-5;1-5-4-6-2-3-7-5;1-5-2-3-6-4-7-5;1-5-2-3-6-7-4-5;3*1-5-6-3-2-4-7-5;1-5-3-2-4-6-7-5/h4*2-5H,1H3;8*2-4H,1H3. The largest absolute Gasteiger partial charge is 0.264 e. The monoisotopic (exact) mass is 1120 g/mol. The Morgan fingerprint density at radius 2 is 0.631 bits per heavy atom. The molecule has 432 valence electrons. The molecule has 0 fully saturated rings. The molecule has 0 aromatic carbocycles. The first kappa shape index (κ1) is 71.3. The number of nitrogens with zero attached hydrogens (tertiary/aromatic N) is 20. The van der Waals surface area contributed by atoms with Crippen molar-refractivity contribution in [2.24, 2.45) is 0 Å². The number of aromatic nitrogens is 20. The maximum absolute atomic E-state index is 3.98. The molecule has 0 N–H and O–H groups in total. The van der Waals surface area contributed by atoms with Gasteiger partial charge in [0.15, 0.2) is 0 Å². The van der Waals surface area contributed by atoms with E-state index in [1.54, 1.807) is 136 Å². The van der Waals surface area contributed by atoms with Gasteiger partial charge in [-0.2, -0.15) is 20.4 Å². The highest BCUT2D eigenvalue weighted by molar-refractivity contribution is 5.06. The summed E-state index contributed by atoms with van der Waals surface area (Å²) in [6.07, 6.45) is 39.6. The summed E-state index contributed by atoms with van der Waals surface area (Å²) in [4.78, 5) is 61.8. The molecule has 0 unspecified atom stereocenters. The van der Waals surface area contributed by atoms with Gasteiger partial charge in [0.25, 0.3) is 0 Å². The zero-order valence-corrected chi connectivity index (χ0v) is 50.0. The van der Waals surface area contributed by atoms with Gasteiger partial charge in [0.2, 0.25) is 0 Å². The minimum absolute atomic E-state index is 0.822. The molecule has 0 aliphatic heterocycles. The van der Waals surface area contributed by atoms with Crippen molar-refractivity contribution in [1.29, 1.82) is 0 Å². The van der Waals surface area contributed by atoms with Gasteiger partial charge < -0.3 is 0 Å². The molecule has 20 nitrogen and oxygen atoms in total. The van der Waals surface area contributed by atoms with E-state index in [4.69, 9.17) is 0 Å². The Hall–Kier alpha value is -10.8. The Morgan fingerprint density at radius 1 is 0.202 bits per heavy atom. The van der Waals surface area contributed by atoms with Gasteiger partial charge in [-0.1, -0.05) is 24.3 Å². The van der Waals surface area contributed by atoms with E-state index in [0.717, 1.165) is 57.1 Å². The molecule has 0 aliphatic carbocycles. The Bertz CT molecular complexity index is 2430. The van der Waals surface area contributed by atoms with Gasteiger partial charge in [-0.15, -0.1) is 0 Å². The van der Waals surface area contributed by atoms with E-state index in [1.807, 2.05) is 180 Å².